The van der Waals surface area contributed by atoms with Crippen molar-refractivity contribution < 1.29 is 14.3 Å². The Balaban J connectivity index is 1.49. The van der Waals surface area contributed by atoms with Crippen LogP contribution in [0.3, 0.4) is 0 Å². The summed E-state index contributed by atoms with van der Waals surface area (Å²) in [6, 6.07) is 35.0. The van der Waals surface area contributed by atoms with Gasteiger partial charge in [0.2, 0.25) is 0 Å². The number of benzene rings is 5. The Labute approximate surface area is 215 Å². The first-order chi connectivity index (χ1) is 18.2. The first-order valence-corrected chi connectivity index (χ1v) is 11.8. The number of hydrogen-bond acceptors (Lipinski definition) is 4. The van der Waals surface area contributed by atoms with E-state index >= 15 is 0 Å². The van der Waals surface area contributed by atoms with Crippen LogP contribution in [0.25, 0.3) is 27.6 Å². The van der Waals surface area contributed by atoms with E-state index in [1.54, 1.807) is 37.5 Å². The molecule has 0 saturated carbocycles. The van der Waals surface area contributed by atoms with E-state index in [2.05, 4.69) is 29.6 Å². The van der Waals surface area contributed by atoms with Gasteiger partial charge in [-0.15, -0.1) is 0 Å². The van der Waals surface area contributed by atoms with Crippen LogP contribution < -0.4 is 14.8 Å². The summed E-state index contributed by atoms with van der Waals surface area (Å²) in [6.07, 6.45) is 1.60. The van der Waals surface area contributed by atoms with E-state index in [-0.39, 0.29) is 5.57 Å². The number of carbonyl (C=O) groups excluding carboxylic acids is 1. The summed E-state index contributed by atoms with van der Waals surface area (Å²) in [5, 5.41) is 16.8. The van der Waals surface area contributed by atoms with E-state index in [0.29, 0.717) is 29.4 Å². The van der Waals surface area contributed by atoms with Gasteiger partial charge in [-0.1, -0.05) is 72.8 Å². The molecule has 0 spiro atoms. The second-order valence-corrected chi connectivity index (χ2v) is 8.48. The van der Waals surface area contributed by atoms with Crippen molar-refractivity contribution in [1.29, 1.82) is 5.26 Å². The van der Waals surface area contributed by atoms with Crippen molar-refractivity contribution in [3.8, 4) is 17.6 Å². The van der Waals surface area contributed by atoms with Gasteiger partial charge in [0.1, 0.15) is 29.7 Å². The quantitative estimate of drug-likeness (QED) is 0.197. The molecule has 0 atom stereocenters. The van der Waals surface area contributed by atoms with Crippen molar-refractivity contribution in [2.24, 2.45) is 0 Å². The zero-order chi connectivity index (χ0) is 25.6. The molecular weight excluding hydrogens is 460 g/mol. The van der Waals surface area contributed by atoms with E-state index in [1.165, 1.54) is 0 Å². The van der Waals surface area contributed by atoms with Gasteiger partial charge in [-0.25, -0.2) is 0 Å². The van der Waals surface area contributed by atoms with Crippen molar-refractivity contribution in [2.45, 2.75) is 6.61 Å². The molecule has 5 aromatic rings. The largest absolute Gasteiger partial charge is 0.497 e. The highest BCUT2D eigenvalue weighted by Gasteiger charge is 2.14. The molecule has 1 amide bonds. The molecule has 0 aromatic heterocycles. The second-order valence-electron chi connectivity index (χ2n) is 8.48. The average molecular weight is 485 g/mol. The third kappa shape index (κ3) is 5.14. The third-order valence-corrected chi connectivity index (χ3v) is 6.20. The molecule has 0 bridgehead atoms. The van der Waals surface area contributed by atoms with Crippen LogP contribution >= 0.6 is 0 Å². The van der Waals surface area contributed by atoms with E-state index in [1.807, 2.05) is 60.7 Å². The van der Waals surface area contributed by atoms with Crippen molar-refractivity contribution in [3.63, 3.8) is 0 Å². The summed E-state index contributed by atoms with van der Waals surface area (Å²) in [4.78, 5) is 13.0. The molecule has 1 N–H and O–H groups in total. The van der Waals surface area contributed by atoms with Crippen LogP contribution in [0.2, 0.25) is 0 Å². The number of anilines is 1. The van der Waals surface area contributed by atoms with Crippen LogP contribution in [0.4, 0.5) is 5.69 Å². The Kier molecular flexibility index (Phi) is 6.82. The lowest BCUT2D eigenvalue weighted by molar-refractivity contribution is -0.112. The van der Waals surface area contributed by atoms with Crippen LogP contribution in [0.1, 0.15) is 11.1 Å². The molecule has 5 rings (SSSR count). The van der Waals surface area contributed by atoms with Gasteiger partial charge < -0.3 is 14.8 Å². The monoisotopic (exact) mass is 484 g/mol. The van der Waals surface area contributed by atoms with Gasteiger partial charge in [-0.3, -0.25) is 4.79 Å². The maximum absolute atomic E-state index is 13.0. The highest BCUT2D eigenvalue weighted by molar-refractivity contribution is 6.11. The smallest absolute Gasteiger partial charge is 0.266 e. The van der Waals surface area contributed by atoms with Crippen molar-refractivity contribution in [3.05, 3.63) is 120 Å². The average Bonchev–Trinajstić information content (AvgIpc) is 2.95. The number of methoxy groups -OCH3 is 1. The van der Waals surface area contributed by atoms with Gasteiger partial charge in [-0.2, -0.15) is 5.26 Å². The zero-order valence-corrected chi connectivity index (χ0v) is 20.3. The Morgan fingerprint density at radius 2 is 1.51 bits per heavy atom. The minimum absolute atomic E-state index is 0.0258. The molecule has 0 aliphatic rings. The molecule has 0 fully saturated rings. The van der Waals surface area contributed by atoms with Crippen LogP contribution in [-0.4, -0.2) is 13.0 Å². The first-order valence-electron chi connectivity index (χ1n) is 11.8. The lowest BCUT2D eigenvalue weighted by Crippen LogP contribution is -2.13. The summed E-state index contributed by atoms with van der Waals surface area (Å²) in [6.45, 7) is 0.348. The predicted molar refractivity (Wildman–Crippen MR) is 147 cm³/mol. The van der Waals surface area contributed by atoms with Crippen molar-refractivity contribution in [1.82, 2.24) is 0 Å². The molecule has 0 heterocycles. The number of hydrogen-bond donors (Lipinski definition) is 1. The minimum atomic E-state index is -0.499. The molecule has 37 heavy (non-hydrogen) atoms. The lowest BCUT2D eigenvalue weighted by Gasteiger charge is -2.14. The van der Waals surface area contributed by atoms with Gasteiger partial charge in [0.25, 0.3) is 5.91 Å². The summed E-state index contributed by atoms with van der Waals surface area (Å²) in [5.74, 6) is 0.773. The molecule has 0 radical (unpaired) electrons. The number of nitrogens with zero attached hydrogens (tertiary/aromatic N) is 1. The molecule has 180 valence electrons. The van der Waals surface area contributed by atoms with Gasteiger partial charge in [0.05, 0.1) is 7.11 Å². The number of carbonyl (C=O) groups is 1. The van der Waals surface area contributed by atoms with Crippen LogP contribution in [0, 0.1) is 11.3 Å². The fourth-order valence-electron chi connectivity index (χ4n) is 4.29. The summed E-state index contributed by atoms with van der Waals surface area (Å²) < 4.78 is 11.5. The normalized spacial score (nSPS) is 11.2. The van der Waals surface area contributed by atoms with E-state index in [0.717, 1.165) is 27.1 Å². The summed E-state index contributed by atoms with van der Waals surface area (Å²) in [7, 11) is 1.58. The number of ether oxygens (including phenoxy) is 2. The Bertz CT molecular complexity index is 1660. The maximum atomic E-state index is 13.0. The minimum Gasteiger partial charge on any atom is -0.497 e. The van der Waals surface area contributed by atoms with Crippen molar-refractivity contribution in [2.75, 3.05) is 12.4 Å². The molecular formula is C32H24N2O3. The summed E-state index contributed by atoms with van der Waals surface area (Å²) >= 11 is 0. The number of amides is 1. The predicted octanol–water partition coefficient (Wildman–Crippen LogP) is 7.13. The summed E-state index contributed by atoms with van der Waals surface area (Å²) in [5.41, 5.74) is 2.28. The van der Waals surface area contributed by atoms with Crippen LogP contribution in [-0.2, 0) is 11.4 Å². The molecule has 5 nitrogen and oxygen atoms in total. The first kappa shape index (κ1) is 23.7. The number of nitriles is 1. The number of nitrogens with one attached hydrogen (secondary N) is 1. The fraction of sp³-hybridized carbons (Fsp3) is 0.0625. The third-order valence-electron chi connectivity index (χ3n) is 6.20. The van der Waals surface area contributed by atoms with Crippen molar-refractivity contribution >= 4 is 39.2 Å². The number of fused-ring (bicyclic) bond motifs is 2. The Hall–Kier alpha value is -5.08. The molecule has 5 heteroatoms. The van der Waals surface area contributed by atoms with E-state index < -0.39 is 5.91 Å². The van der Waals surface area contributed by atoms with Gasteiger partial charge >= 0.3 is 0 Å². The molecule has 5 aromatic carbocycles. The highest BCUT2D eigenvalue weighted by Crippen LogP contribution is 2.32. The van der Waals surface area contributed by atoms with E-state index in [4.69, 9.17) is 9.47 Å². The van der Waals surface area contributed by atoms with Crippen LogP contribution in [0.5, 0.6) is 11.5 Å². The Morgan fingerprint density at radius 3 is 2.24 bits per heavy atom. The van der Waals surface area contributed by atoms with Gasteiger partial charge in [-0.05, 0) is 63.5 Å². The van der Waals surface area contributed by atoms with Crippen LogP contribution in [0.15, 0.2) is 109 Å². The van der Waals surface area contributed by atoms with Gasteiger partial charge in [0.15, 0.2) is 0 Å². The molecule has 0 aliphatic carbocycles. The topological polar surface area (TPSA) is 71.3 Å². The van der Waals surface area contributed by atoms with E-state index in [9.17, 15) is 10.1 Å². The van der Waals surface area contributed by atoms with Gasteiger partial charge in [0, 0.05) is 11.3 Å². The Morgan fingerprint density at radius 1 is 0.838 bits per heavy atom. The highest BCUT2D eigenvalue weighted by atomic mass is 16.5. The molecule has 0 unspecified atom stereocenters. The molecule has 0 saturated heterocycles. The zero-order valence-electron chi connectivity index (χ0n) is 20.3. The second kappa shape index (κ2) is 10.7. The molecule has 0 aliphatic heterocycles. The fourth-order valence-corrected chi connectivity index (χ4v) is 4.29. The SMILES string of the molecule is COc1ccc(NC(=O)/C(C#N)=C/c2c(OCc3cccc4ccccc34)ccc3ccccc23)cc1. The lowest BCUT2D eigenvalue weighted by atomic mass is 10.0. The maximum Gasteiger partial charge on any atom is 0.266 e. The number of rotatable bonds is 7. The standard InChI is InChI=1S/C32H24N2O3/c1-36-27-16-14-26(15-17-27)34-32(35)25(20-33)19-30-29-12-5-3-8-23(29)13-18-31(30)37-21-24-10-6-9-22-7-2-4-11-28(22)24/h2-19H,21H2,1H3,(H,34,35)/b25-19+.